The van der Waals surface area contributed by atoms with Crippen LogP contribution in [0.1, 0.15) is 44.7 Å². The maximum atomic E-state index is 5.78. The number of rotatable bonds is 4. The van der Waals surface area contributed by atoms with Crippen molar-refractivity contribution < 1.29 is 4.74 Å². The smallest absolute Gasteiger partial charge is 0.0588 e. The average Bonchev–Trinajstić information content (AvgIpc) is 3.00. The predicted octanol–water partition coefficient (Wildman–Crippen LogP) is 2.98. The fourth-order valence-electron chi connectivity index (χ4n) is 3.49. The molecule has 0 saturated carbocycles. The highest BCUT2D eigenvalue weighted by molar-refractivity contribution is 5.20. The molecule has 1 aromatic rings. The molecular weight excluding hydrogens is 260 g/mol. The van der Waals surface area contributed by atoms with Crippen LogP contribution in [-0.2, 0) is 4.74 Å². The fraction of sp³-hybridized carbons (Fsp3) is 0.667. The summed E-state index contributed by atoms with van der Waals surface area (Å²) in [5.74, 6) is 0. The fourth-order valence-corrected chi connectivity index (χ4v) is 3.49. The Morgan fingerprint density at radius 3 is 2.81 bits per heavy atom. The number of hydrogen-bond donors (Lipinski definition) is 1. The molecule has 2 aliphatic rings. The molecule has 1 N–H and O–H groups in total. The van der Waals surface area contributed by atoms with Gasteiger partial charge in [-0.1, -0.05) is 30.3 Å². The molecule has 0 radical (unpaired) electrons. The van der Waals surface area contributed by atoms with E-state index in [0.29, 0.717) is 12.1 Å². The molecule has 2 heterocycles. The van der Waals surface area contributed by atoms with Crippen molar-refractivity contribution in [3.63, 3.8) is 0 Å². The van der Waals surface area contributed by atoms with Crippen LogP contribution in [0, 0.1) is 0 Å². The molecule has 3 nitrogen and oxygen atoms in total. The molecule has 116 valence electrons. The van der Waals surface area contributed by atoms with Crippen LogP contribution >= 0.6 is 0 Å². The largest absolute Gasteiger partial charge is 0.378 e. The first-order chi connectivity index (χ1) is 10.1. The van der Waals surface area contributed by atoms with Gasteiger partial charge >= 0.3 is 0 Å². The minimum absolute atomic E-state index is 0.226. The third kappa shape index (κ3) is 3.65. The van der Waals surface area contributed by atoms with Crippen molar-refractivity contribution in [3.05, 3.63) is 35.9 Å². The van der Waals surface area contributed by atoms with Gasteiger partial charge in [-0.2, -0.15) is 0 Å². The third-order valence-electron chi connectivity index (χ3n) is 4.99. The SMILES string of the molecule is CC1(C)CNC(c2ccccc2)CN1CCC1CCCO1. The Balaban J connectivity index is 1.61. The molecule has 0 spiro atoms. The van der Waals surface area contributed by atoms with Gasteiger partial charge in [-0.25, -0.2) is 0 Å². The number of nitrogens with one attached hydrogen (secondary N) is 1. The van der Waals surface area contributed by atoms with E-state index in [0.717, 1.165) is 26.2 Å². The van der Waals surface area contributed by atoms with Crippen LogP contribution in [0.15, 0.2) is 30.3 Å². The molecule has 2 aliphatic heterocycles. The van der Waals surface area contributed by atoms with Crippen molar-refractivity contribution in [1.82, 2.24) is 10.2 Å². The van der Waals surface area contributed by atoms with Gasteiger partial charge in [0.25, 0.3) is 0 Å². The van der Waals surface area contributed by atoms with Crippen LogP contribution in [0.5, 0.6) is 0 Å². The van der Waals surface area contributed by atoms with Crippen molar-refractivity contribution in [2.24, 2.45) is 0 Å². The summed E-state index contributed by atoms with van der Waals surface area (Å²) in [6, 6.07) is 11.3. The van der Waals surface area contributed by atoms with Crippen molar-refractivity contribution in [3.8, 4) is 0 Å². The summed E-state index contributed by atoms with van der Waals surface area (Å²) in [6.45, 7) is 8.92. The van der Waals surface area contributed by atoms with Crippen LogP contribution in [0.4, 0.5) is 0 Å². The average molecular weight is 288 g/mol. The molecule has 0 aromatic heterocycles. The van der Waals surface area contributed by atoms with Gasteiger partial charge in [0.2, 0.25) is 0 Å². The highest BCUT2D eigenvalue weighted by Crippen LogP contribution is 2.27. The van der Waals surface area contributed by atoms with E-state index in [1.165, 1.54) is 24.8 Å². The first-order valence-corrected chi connectivity index (χ1v) is 8.30. The van der Waals surface area contributed by atoms with Gasteiger partial charge < -0.3 is 10.1 Å². The lowest BCUT2D eigenvalue weighted by molar-refractivity contribution is 0.0387. The highest BCUT2D eigenvalue weighted by atomic mass is 16.5. The Kier molecular flexibility index (Phi) is 4.63. The van der Waals surface area contributed by atoms with Crippen LogP contribution < -0.4 is 5.32 Å². The Hall–Kier alpha value is -0.900. The first-order valence-electron chi connectivity index (χ1n) is 8.30. The van der Waals surface area contributed by atoms with E-state index >= 15 is 0 Å². The van der Waals surface area contributed by atoms with Gasteiger partial charge in [0.15, 0.2) is 0 Å². The third-order valence-corrected chi connectivity index (χ3v) is 4.99. The minimum atomic E-state index is 0.226. The predicted molar refractivity (Wildman–Crippen MR) is 86.4 cm³/mol. The summed E-state index contributed by atoms with van der Waals surface area (Å²) in [4.78, 5) is 2.64. The molecule has 3 heteroatoms. The summed E-state index contributed by atoms with van der Waals surface area (Å²) >= 11 is 0. The van der Waals surface area contributed by atoms with Crippen molar-refractivity contribution >= 4 is 0 Å². The highest BCUT2D eigenvalue weighted by Gasteiger charge is 2.34. The molecule has 3 rings (SSSR count). The van der Waals surface area contributed by atoms with Crippen molar-refractivity contribution in [2.75, 3.05) is 26.2 Å². The molecule has 0 aliphatic carbocycles. The quantitative estimate of drug-likeness (QED) is 0.922. The minimum Gasteiger partial charge on any atom is -0.378 e. The number of nitrogens with zero attached hydrogens (tertiary/aromatic N) is 1. The second kappa shape index (κ2) is 6.47. The van der Waals surface area contributed by atoms with E-state index in [1.54, 1.807) is 0 Å². The first kappa shape index (κ1) is 15.0. The maximum absolute atomic E-state index is 5.78. The molecular formula is C18H28N2O. The normalized spacial score (nSPS) is 29.6. The van der Waals surface area contributed by atoms with Crippen LogP contribution in [0.25, 0.3) is 0 Å². The van der Waals surface area contributed by atoms with E-state index in [9.17, 15) is 0 Å². The summed E-state index contributed by atoms with van der Waals surface area (Å²) < 4.78 is 5.78. The monoisotopic (exact) mass is 288 g/mol. The topological polar surface area (TPSA) is 24.5 Å². The second-order valence-corrected chi connectivity index (χ2v) is 7.03. The summed E-state index contributed by atoms with van der Waals surface area (Å²) in [7, 11) is 0. The van der Waals surface area contributed by atoms with Gasteiger partial charge in [-0.05, 0) is 38.7 Å². The Morgan fingerprint density at radius 2 is 2.10 bits per heavy atom. The lowest BCUT2D eigenvalue weighted by Crippen LogP contribution is -2.59. The van der Waals surface area contributed by atoms with Crippen LogP contribution in [0.3, 0.4) is 0 Å². The zero-order valence-corrected chi connectivity index (χ0v) is 13.3. The Morgan fingerprint density at radius 1 is 1.29 bits per heavy atom. The second-order valence-electron chi connectivity index (χ2n) is 7.03. The molecule has 0 bridgehead atoms. The zero-order valence-electron chi connectivity index (χ0n) is 13.3. The van der Waals surface area contributed by atoms with E-state index in [4.69, 9.17) is 4.74 Å². The zero-order chi connectivity index (χ0) is 14.7. The molecule has 2 saturated heterocycles. The van der Waals surface area contributed by atoms with Gasteiger partial charge in [0.1, 0.15) is 0 Å². The van der Waals surface area contributed by atoms with Gasteiger partial charge in [-0.3, -0.25) is 4.90 Å². The molecule has 21 heavy (non-hydrogen) atoms. The number of ether oxygens (including phenoxy) is 1. The standard InChI is InChI=1S/C18H28N2O/c1-18(2)14-19-17(15-7-4-3-5-8-15)13-20(18)11-10-16-9-6-12-21-16/h3-5,7-8,16-17,19H,6,9-14H2,1-2H3. The van der Waals surface area contributed by atoms with E-state index in [-0.39, 0.29) is 5.54 Å². The lowest BCUT2D eigenvalue weighted by atomic mass is 9.94. The summed E-state index contributed by atoms with van der Waals surface area (Å²) in [6.07, 6.45) is 4.15. The van der Waals surface area contributed by atoms with E-state index in [1.807, 2.05) is 0 Å². The molecule has 0 amide bonds. The Bertz CT molecular complexity index is 440. The maximum Gasteiger partial charge on any atom is 0.0588 e. The summed E-state index contributed by atoms with van der Waals surface area (Å²) in [5, 5.41) is 3.71. The van der Waals surface area contributed by atoms with Crippen LogP contribution in [0.2, 0.25) is 0 Å². The number of hydrogen-bond acceptors (Lipinski definition) is 3. The van der Waals surface area contributed by atoms with Crippen LogP contribution in [-0.4, -0.2) is 42.8 Å². The van der Waals surface area contributed by atoms with Gasteiger partial charge in [0.05, 0.1) is 6.10 Å². The molecule has 2 fully saturated rings. The van der Waals surface area contributed by atoms with Gasteiger partial charge in [0, 0.05) is 37.8 Å². The Labute approximate surface area is 128 Å². The van der Waals surface area contributed by atoms with Crippen molar-refractivity contribution in [1.29, 1.82) is 0 Å². The van der Waals surface area contributed by atoms with E-state index < -0.39 is 0 Å². The number of piperazine rings is 1. The van der Waals surface area contributed by atoms with Gasteiger partial charge in [-0.15, -0.1) is 0 Å². The lowest BCUT2D eigenvalue weighted by Gasteiger charge is -2.46. The van der Waals surface area contributed by atoms with Crippen molar-refractivity contribution in [2.45, 2.75) is 50.8 Å². The molecule has 2 unspecified atom stereocenters. The number of benzene rings is 1. The summed E-state index contributed by atoms with van der Waals surface area (Å²) in [5.41, 5.74) is 1.62. The van der Waals surface area contributed by atoms with E-state index in [2.05, 4.69) is 54.4 Å². The molecule has 2 atom stereocenters. The molecule has 1 aromatic carbocycles.